The van der Waals surface area contributed by atoms with Crippen molar-refractivity contribution in [2.45, 2.75) is 33.2 Å². The predicted molar refractivity (Wildman–Crippen MR) is 150 cm³/mol. The molecule has 3 heterocycles. The molecule has 0 aliphatic heterocycles. The number of halogens is 2. The highest BCUT2D eigenvalue weighted by atomic mass is 19.1. The highest BCUT2D eigenvalue weighted by molar-refractivity contribution is 6.00. The number of rotatable bonds is 6. The topological polar surface area (TPSA) is 133 Å². The van der Waals surface area contributed by atoms with Crippen LogP contribution in [0.3, 0.4) is 0 Å². The van der Waals surface area contributed by atoms with E-state index in [9.17, 15) is 18.4 Å². The largest absolute Gasteiger partial charge is 0.368 e. The summed E-state index contributed by atoms with van der Waals surface area (Å²) in [6.45, 7) is 6.02. The molecule has 5 rings (SSSR count). The zero-order chi connectivity index (χ0) is 28.6. The first-order valence-corrected chi connectivity index (χ1v) is 12.5. The molecule has 4 N–H and O–H groups in total. The summed E-state index contributed by atoms with van der Waals surface area (Å²) in [5.74, 6) is -0.695. The molecule has 0 atom stereocenters. The lowest BCUT2D eigenvalue weighted by molar-refractivity contribution is 0.262. The lowest BCUT2D eigenvalue weighted by Gasteiger charge is -2.13. The van der Waals surface area contributed by atoms with Gasteiger partial charge in [-0.25, -0.2) is 23.2 Å². The molecule has 3 aromatic heterocycles. The number of hydrogen-bond acceptors (Lipinski definition) is 6. The summed E-state index contributed by atoms with van der Waals surface area (Å²) in [7, 11) is 0. The summed E-state index contributed by atoms with van der Waals surface area (Å²) in [5, 5.41) is 10.3. The van der Waals surface area contributed by atoms with Gasteiger partial charge in [-0.15, -0.1) is 0 Å². The molecule has 0 aliphatic carbocycles. The number of aryl methyl sites for hydroxylation is 1. The molecule has 0 aliphatic rings. The van der Waals surface area contributed by atoms with E-state index in [0.717, 1.165) is 0 Å². The molecule has 0 spiro atoms. The number of nitrogen functional groups attached to an aromatic ring is 1. The monoisotopic (exact) mass is 544 g/mol. The van der Waals surface area contributed by atoms with Gasteiger partial charge >= 0.3 is 6.03 Å². The van der Waals surface area contributed by atoms with Gasteiger partial charge in [0.1, 0.15) is 23.1 Å². The number of fused-ring (bicyclic) bond motifs is 1. The van der Waals surface area contributed by atoms with Crippen LogP contribution in [0.1, 0.15) is 32.4 Å². The van der Waals surface area contributed by atoms with Crippen molar-refractivity contribution in [2.75, 3.05) is 16.4 Å². The molecule has 0 unspecified atom stereocenters. The Morgan fingerprint density at radius 3 is 2.50 bits per heavy atom. The number of carbonyl (C=O) groups is 1. The van der Waals surface area contributed by atoms with E-state index in [1.165, 1.54) is 57.9 Å². The first kappa shape index (κ1) is 26.5. The fourth-order valence-electron chi connectivity index (χ4n) is 4.28. The summed E-state index contributed by atoms with van der Waals surface area (Å²) < 4.78 is 31.2. The minimum Gasteiger partial charge on any atom is -0.368 e. The number of aromatic nitrogens is 5. The van der Waals surface area contributed by atoms with Gasteiger partial charge < -0.3 is 11.1 Å². The van der Waals surface area contributed by atoms with Crippen molar-refractivity contribution in [2.24, 2.45) is 0 Å². The van der Waals surface area contributed by atoms with Crippen molar-refractivity contribution in [1.29, 1.82) is 0 Å². The van der Waals surface area contributed by atoms with E-state index in [4.69, 9.17) is 5.73 Å². The van der Waals surface area contributed by atoms with Gasteiger partial charge in [-0.3, -0.25) is 14.7 Å². The van der Waals surface area contributed by atoms with Gasteiger partial charge in [0.25, 0.3) is 5.56 Å². The maximum absolute atomic E-state index is 14.8. The number of pyridine rings is 1. The third kappa shape index (κ3) is 5.10. The zero-order valence-corrected chi connectivity index (χ0v) is 21.9. The van der Waals surface area contributed by atoms with Crippen LogP contribution < -0.4 is 21.9 Å². The maximum atomic E-state index is 14.8. The number of benzene rings is 2. The second-order valence-corrected chi connectivity index (χ2v) is 9.39. The first-order chi connectivity index (χ1) is 19.1. The summed E-state index contributed by atoms with van der Waals surface area (Å²) >= 11 is 0. The smallest absolute Gasteiger partial charge is 0.324 e. The third-order valence-electron chi connectivity index (χ3n) is 6.32. The van der Waals surface area contributed by atoms with Gasteiger partial charge in [0.15, 0.2) is 0 Å². The van der Waals surface area contributed by atoms with Crippen LogP contribution in [-0.2, 0) is 6.54 Å². The molecule has 0 saturated carbocycles. The van der Waals surface area contributed by atoms with Crippen LogP contribution in [0.4, 0.5) is 31.0 Å². The van der Waals surface area contributed by atoms with Crippen molar-refractivity contribution in [3.8, 4) is 16.8 Å². The molecule has 0 bridgehead atoms. The summed E-state index contributed by atoms with van der Waals surface area (Å²) in [4.78, 5) is 34.4. The van der Waals surface area contributed by atoms with Crippen LogP contribution in [0.25, 0.3) is 27.8 Å². The number of nitrogens with zero attached hydrogens (tertiary/aromatic N) is 5. The average molecular weight is 545 g/mol. The van der Waals surface area contributed by atoms with E-state index in [1.807, 2.05) is 13.8 Å². The number of urea groups is 1. The Morgan fingerprint density at radius 2 is 1.80 bits per heavy atom. The number of hydrogen-bond donors (Lipinski definition) is 3. The fraction of sp³-hybridized carbons (Fsp3) is 0.179. The van der Waals surface area contributed by atoms with E-state index in [2.05, 4.69) is 25.7 Å². The van der Waals surface area contributed by atoms with Crippen LogP contribution in [0.5, 0.6) is 0 Å². The van der Waals surface area contributed by atoms with Crippen LogP contribution >= 0.6 is 0 Å². The molecule has 0 radical (unpaired) electrons. The molecule has 0 fully saturated rings. The second kappa shape index (κ2) is 10.6. The van der Waals surface area contributed by atoms with Crippen molar-refractivity contribution >= 4 is 34.5 Å². The number of nitrogens with one attached hydrogen (secondary N) is 2. The molecule has 2 aromatic carbocycles. The molecule has 204 valence electrons. The van der Waals surface area contributed by atoms with Gasteiger partial charge in [-0.05, 0) is 60.9 Å². The van der Waals surface area contributed by atoms with Crippen molar-refractivity contribution in [3.05, 3.63) is 88.5 Å². The number of carbonyl (C=O) groups excluding carboxylic acids is 1. The SMILES string of the molecule is CCn1c(=O)c(-c2ccc(F)c(NC(=O)Nc3cc(C(C)C)nn3-c3ccc(F)cc3)c2)cc2cnc(N)nc21. The Kier molecular flexibility index (Phi) is 6.99. The van der Waals surface area contributed by atoms with E-state index in [-0.39, 0.29) is 28.7 Å². The molecule has 2 amide bonds. The molecular weight excluding hydrogens is 518 g/mol. The standard InChI is InChI=1S/C28H26F2N8O2/c1-4-37-25-17(14-32-27(31)35-25)11-20(26(37)39)16-5-10-21(30)23(12-16)33-28(40)34-24-13-22(15(2)3)36-38(24)19-8-6-18(29)7-9-19/h5-15H,4H2,1-3H3,(H2,31,32,35)(H2,33,34,40). The summed E-state index contributed by atoms with van der Waals surface area (Å²) in [5.41, 5.74) is 7.51. The third-order valence-corrected chi connectivity index (χ3v) is 6.32. The van der Waals surface area contributed by atoms with Crippen LogP contribution in [0, 0.1) is 11.6 Å². The van der Waals surface area contributed by atoms with Crippen LogP contribution in [-0.4, -0.2) is 30.3 Å². The summed E-state index contributed by atoms with van der Waals surface area (Å²) in [6.07, 6.45) is 1.51. The summed E-state index contributed by atoms with van der Waals surface area (Å²) in [6, 6.07) is 12.2. The normalized spacial score (nSPS) is 11.2. The Hall–Kier alpha value is -5.13. The van der Waals surface area contributed by atoms with Gasteiger partial charge in [0, 0.05) is 29.8 Å². The number of nitrogens with two attached hydrogens (primary N) is 1. The minimum absolute atomic E-state index is 0.0439. The number of anilines is 3. The lowest BCUT2D eigenvalue weighted by Crippen LogP contribution is -2.23. The van der Waals surface area contributed by atoms with Crippen molar-refractivity contribution in [1.82, 2.24) is 24.3 Å². The molecule has 40 heavy (non-hydrogen) atoms. The van der Waals surface area contributed by atoms with E-state index in [1.54, 1.807) is 19.1 Å². The zero-order valence-electron chi connectivity index (χ0n) is 21.9. The average Bonchev–Trinajstić information content (AvgIpc) is 3.34. The number of amides is 2. The van der Waals surface area contributed by atoms with Crippen molar-refractivity contribution < 1.29 is 13.6 Å². The Labute approximate surface area is 227 Å². The maximum Gasteiger partial charge on any atom is 0.324 e. The van der Waals surface area contributed by atoms with Crippen LogP contribution in [0.15, 0.2) is 65.6 Å². The van der Waals surface area contributed by atoms with Gasteiger partial charge in [0.2, 0.25) is 5.95 Å². The first-order valence-electron chi connectivity index (χ1n) is 12.5. The van der Waals surface area contributed by atoms with Gasteiger partial charge in [-0.1, -0.05) is 19.9 Å². The van der Waals surface area contributed by atoms with E-state index >= 15 is 0 Å². The van der Waals surface area contributed by atoms with Gasteiger partial charge in [0.05, 0.1) is 17.1 Å². The molecule has 5 aromatic rings. The predicted octanol–water partition coefficient (Wildman–Crippen LogP) is 5.29. The quantitative estimate of drug-likeness (QED) is 0.266. The molecule has 10 nitrogen and oxygen atoms in total. The van der Waals surface area contributed by atoms with Crippen LogP contribution in [0.2, 0.25) is 0 Å². The van der Waals surface area contributed by atoms with E-state index in [0.29, 0.717) is 40.3 Å². The second-order valence-electron chi connectivity index (χ2n) is 9.39. The lowest BCUT2D eigenvalue weighted by atomic mass is 10.0. The fourth-order valence-corrected chi connectivity index (χ4v) is 4.28. The van der Waals surface area contributed by atoms with E-state index < -0.39 is 17.7 Å². The Balaban J connectivity index is 1.47. The molecular formula is C28H26F2N8O2. The van der Waals surface area contributed by atoms with Gasteiger partial charge in [-0.2, -0.15) is 10.1 Å². The molecule has 12 heteroatoms. The Bertz CT molecular complexity index is 1800. The van der Waals surface area contributed by atoms with Crippen molar-refractivity contribution in [3.63, 3.8) is 0 Å². The minimum atomic E-state index is -0.733. The molecule has 0 saturated heterocycles. The highest BCUT2D eigenvalue weighted by Crippen LogP contribution is 2.27. The highest BCUT2D eigenvalue weighted by Gasteiger charge is 2.18. The Morgan fingerprint density at radius 1 is 1.05 bits per heavy atom.